The van der Waals surface area contributed by atoms with E-state index in [9.17, 15) is 9.59 Å². The first-order valence-corrected chi connectivity index (χ1v) is 6.75. The number of carboxylic acids is 1. The highest BCUT2D eigenvalue weighted by Gasteiger charge is 2.39. The van der Waals surface area contributed by atoms with Crippen molar-refractivity contribution in [3.05, 3.63) is 18.2 Å². The van der Waals surface area contributed by atoms with Crippen LogP contribution in [-0.2, 0) is 9.59 Å². The van der Waals surface area contributed by atoms with E-state index in [0.29, 0.717) is 5.69 Å². The molecule has 102 valence electrons. The Hall–Kier alpha value is -1.69. The van der Waals surface area contributed by atoms with E-state index in [0.717, 1.165) is 10.6 Å². The van der Waals surface area contributed by atoms with Crippen LogP contribution >= 0.6 is 11.8 Å². The predicted octanol–water partition coefficient (Wildman–Crippen LogP) is 1.96. The molecule has 0 aromatic heterocycles. The first kappa shape index (κ1) is 13.7. The largest absolute Gasteiger partial charge is 0.481 e. The summed E-state index contributed by atoms with van der Waals surface area (Å²) in [5.74, 6) is -0.989. The molecule has 0 unspecified atom stereocenters. The normalized spacial score (nSPS) is 17.2. The predicted molar refractivity (Wildman–Crippen MR) is 75.4 cm³/mol. The van der Waals surface area contributed by atoms with Gasteiger partial charge in [-0.1, -0.05) is 0 Å². The van der Waals surface area contributed by atoms with Crippen LogP contribution in [0.25, 0.3) is 0 Å². The first-order valence-electron chi connectivity index (χ1n) is 5.93. The molecule has 1 aliphatic heterocycles. The summed E-state index contributed by atoms with van der Waals surface area (Å²) in [7, 11) is 0. The number of carbonyl (C=O) groups is 2. The minimum absolute atomic E-state index is 0.0731. The number of nitrogens with zero attached hydrogens (tertiary/aromatic N) is 1. The minimum Gasteiger partial charge on any atom is -0.481 e. The third-order valence-electron chi connectivity index (χ3n) is 2.95. The highest BCUT2D eigenvalue weighted by atomic mass is 32.2. The number of anilines is 2. The number of aliphatic carboxylic acids is 1. The molecule has 2 rings (SSSR count). The molecule has 0 aliphatic carbocycles. The Labute approximate surface area is 115 Å². The fourth-order valence-electron chi connectivity index (χ4n) is 2.02. The molecular weight excluding hydrogens is 264 g/mol. The van der Waals surface area contributed by atoms with E-state index in [2.05, 4.69) is 0 Å². The van der Waals surface area contributed by atoms with E-state index < -0.39 is 10.7 Å². The van der Waals surface area contributed by atoms with Crippen molar-refractivity contribution in [2.24, 2.45) is 0 Å². The summed E-state index contributed by atoms with van der Waals surface area (Å²) >= 11 is 1.46. The van der Waals surface area contributed by atoms with Crippen LogP contribution in [0.5, 0.6) is 0 Å². The molecule has 6 heteroatoms. The van der Waals surface area contributed by atoms with Gasteiger partial charge in [0, 0.05) is 17.1 Å². The Morgan fingerprint density at radius 3 is 2.79 bits per heavy atom. The number of hydrogen-bond donors (Lipinski definition) is 2. The molecule has 1 aromatic carbocycles. The zero-order chi connectivity index (χ0) is 14.2. The number of hydrogen-bond acceptors (Lipinski definition) is 4. The maximum atomic E-state index is 12.4. The molecule has 19 heavy (non-hydrogen) atoms. The lowest BCUT2D eigenvalue weighted by Crippen LogP contribution is -2.47. The molecule has 0 atom stereocenters. The summed E-state index contributed by atoms with van der Waals surface area (Å²) < 4.78 is -0.612. The van der Waals surface area contributed by atoms with Gasteiger partial charge in [0.25, 0.3) is 0 Å². The molecule has 1 amide bonds. The van der Waals surface area contributed by atoms with Crippen molar-refractivity contribution >= 4 is 35.0 Å². The van der Waals surface area contributed by atoms with Crippen molar-refractivity contribution in [3.8, 4) is 0 Å². The van der Waals surface area contributed by atoms with Crippen LogP contribution in [0.1, 0.15) is 20.3 Å². The number of fused-ring (bicyclic) bond motifs is 1. The van der Waals surface area contributed by atoms with Gasteiger partial charge in [-0.05, 0) is 32.0 Å². The SMILES string of the molecule is CC1(C)Sc2cc(N)ccc2N(CCC(=O)O)C1=O. The van der Waals surface area contributed by atoms with Crippen LogP contribution in [0, 0.1) is 0 Å². The molecule has 0 saturated heterocycles. The van der Waals surface area contributed by atoms with Crippen molar-refractivity contribution < 1.29 is 14.7 Å². The standard InChI is InChI=1S/C13H16N2O3S/c1-13(2)12(18)15(6-5-11(16)17)9-4-3-8(14)7-10(9)19-13/h3-4,7H,5-6,14H2,1-2H3,(H,16,17). The molecule has 0 fully saturated rings. The molecule has 3 N–H and O–H groups in total. The van der Waals surface area contributed by atoms with Crippen LogP contribution in [0.4, 0.5) is 11.4 Å². The Kier molecular flexibility index (Phi) is 3.45. The van der Waals surface area contributed by atoms with Gasteiger partial charge >= 0.3 is 5.97 Å². The molecule has 0 spiro atoms. The highest BCUT2D eigenvalue weighted by molar-refractivity contribution is 8.01. The number of carboxylic acid groups (broad SMARTS) is 1. The van der Waals surface area contributed by atoms with Crippen LogP contribution in [0.2, 0.25) is 0 Å². The number of carbonyl (C=O) groups excluding carboxylic acids is 1. The number of rotatable bonds is 3. The van der Waals surface area contributed by atoms with Gasteiger partial charge in [-0.25, -0.2) is 0 Å². The smallest absolute Gasteiger partial charge is 0.305 e. The van der Waals surface area contributed by atoms with Crippen molar-refractivity contribution in [3.63, 3.8) is 0 Å². The lowest BCUT2D eigenvalue weighted by Gasteiger charge is -2.37. The van der Waals surface area contributed by atoms with E-state index in [-0.39, 0.29) is 18.9 Å². The Balaban J connectivity index is 2.40. The third-order valence-corrected chi connectivity index (χ3v) is 4.18. The summed E-state index contributed by atoms with van der Waals surface area (Å²) in [6, 6.07) is 5.31. The number of nitrogens with two attached hydrogens (primary N) is 1. The van der Waals surface area contributed by atoms with Crippen LogP contribution < -0.4 is 10.6 Å². The minimum atomic E-state index is -0.916. The van der Waals surface area contributed by atoms with Crippen LogP contribution in [0.15, 0.2) is 23.1 Å². The lowest BCUT2D eigenvalue weighted by molar-refractivity contribution is -0.136. The van der Waals surface area contributed by atoms with Crippen molar-refractivity contribution in [1.29, 1.82) is 0 Å². The van der Waals surface area contributed by atoms with Crippen LogP contribution in [0.3, 0.4) is 0 Å². The third kappa shape index (κ3) is 2.68. The molecule has 0 radical (unpaired) electrons. The van der Waals surface area contributed by atoms with Gasteiger partial charge in [-0.15, -0.1) is 11.8 Å². The van der Waals surface area contributed by atoms with Gasteiger partial charge in [0.05, 0.1) is 16.9 Å². The maximum Gasteiger partial charge on any atom is 0.305 e. The summed E-state index contributed by atoms with van der Waals surface area (Å²) in [6.07, 6.45) is -0.0731. The Morgan fingerprint density at radius 1 is 1.47 bits per heavy atom. The van der Waals surface area contributed by atoms with Crippen LogP contribution in [-0.4, -0.2) is 28.3 Å². The highest BCUT2D eigenvalue weighted by Crippen LogP contribution is 2.45. The van der Waals surface area contributed by atoms with Gasteiger partial charge < -0.3 is 15.7 Å². The van der Waals surface area contributed by atoms with Gasteiger partial charge in [-0.3, -0.25) is 9.59 Å². The van der Waals surface area contributed by atoms with Crippen molar-refractivity contribution in [2.45, 2.75) is 29.9 Å². The van der Waals surface area contributed by atoms with Crippen molar-refractivity contribution in [1.82, 2.24) is 0 Å². The van der Waals surface area contributed by atoms with E-state index >= 15 is 0 Å². The van der Waals surface area contributed by atoms with E-state index in [4.69, 9.17) is 10.8 Å². The second-order valence-corrected chi connectivity index (χ2v) is 6.60. The molecule has 0 saturated carbocycles. The Morgan fingerprint density at radius 2 is 2.16 bits per heavy atom. The zero-order valence-electron chi connectivity index (χ0n) is 10.8. The molecule has 5 nitrogen and oxygen atoms in total. The summed E-state index contributed by atoms with van der Waals surface area (Å²) in [5.41, 5.74) is 7.14. The average molecular weight is 280 g/mol. The quantitative estimate of drug-likeness (QED) is 0.827. The van der Waals surface area contributed by atoms with E-state index in [1.54, 1.807) is 17.0 Å². The van der Waals surface area contributed by atoms with Crippen molar-refractivity contribution in [2.75, 3.05) is 17.2 Å². The lowest BCUT2D eigenvalue weighted by atomic mass is 10.1. The number of benzene rings is 1. The summed E-state index contributed by atoms with van der Waals surface area (Å²) in [5, 5.41) is 8.79. The Bertz CT molecular complexity index is 543. The molecule has 1 aromatic rings. The van der Waals surface area contributed by atoms with E-state index in [1.165, 1.54) is 11.8 Å². The fraction of sp³-hybridized carbons (Fsp3) is 0.385. The monoisotopic (exact) mass is 280 g/mol. The molecule has 1 heterocycles. The second kappa shape index (κ2) is 4.77. The zero-order valence-corrected chi connectivity index (χ0v) is 11.7. The summed E-state index contributed by atoms with van der Waals surface area (Å²) in [6.45, 7) is 3.84. The van der Waals surface area contributed by atoms with Gasteiger partial charge in [0.15, 0.2) is 0 Å². The number of amides is 1. The average Bonchev–Trinajstić information content (AvgIpc) is 2.29. The van der Waals surface area contributed by atoms with E-state index in [1.807, 2.05) is 19.9 Å². The number of thioether (sulfide) groups is 1. The fourth-order valence-corrected chi connectivity index (χ4v) is 3.24. The topological polar surface area (TPSA) is 83.6 Å². The molecule has 1 aliphatic rings. The number of nitrogen functional groups attached to an aromatic ring is 1. The van der Waals surface area contributed by atoms with Gasteiger partial charge in [-0.2, -0.15) is 0 Å². The summed E-state index contributed by atoms with van der Waals surface area (Å²) in [4.78, 5) is 25.6. The maximum absolute atomic E-state index is 12.4. The van der Waals surface area contributed by atoms with Gasteiger partial charge in [0.2, 0.25) is 5.91 Å². The molecular formula is C13H16N2O3S. The second-order valence-electron chi connectivity index (χ2n) is 4.94. The first-order chi connectivity index (χ1) is 8.81. The molecule has 0 bridgehead atoms. The van der Waals surface area contributed by atoms with Gasteiger partial charge in [0.1, 0.15) is 0 Å².